The van der Waals surface area contributed by atoms with Gasteiger partial charge in [-0.3, -0.25) is 0 Å². The molecule has 66 valence electrons. The predicted octanol–water partition coefficient (Wildman–Crippen LogP) is 0.818. The highest BCUT2D eigenvalue weighted by molar-refractivity contribution is 5.61. The van der Waals surface area contributed by atoms with Crippen LogP contribution >= 0.6 is 0 Å². The van der Waals surface area contributed by atoms with E-state index in [0.717, 1.165) is 11.1 Å². The lowest BCUT2D eigenvalue weighted by atomic mass is 10.1. The summed E-state index contributed by atoms with van der Waals surface area (Å²) in [6.45, 7) is 1.83. The Morgan fingerprint density at radius 1 is 1.42 bits per heavy atom. The van der Waals surface area contributed by atoms with Gasteiger partial charge in [-0.1, -0.05) is 12.1 Å². The van der Waals surface area contributed by atoms with E-state index in [9.17, 15) is 5.11 Å². The van der Waals surface area contributed by atoms with Crippen molar-refractivity contribution < 1.29 is 10.2 Å². The molecule has 3 heteroatoms. The molecule has 0 spiro atoms. The summed E-state index contributed by atoms with van der Waals surface area (Å²) in [6, 6.07) is 3.61. The van der Waals surface area contributed by atoms with Gasteiger partial charge in [0.25, 0.3) is 0 Å². The van der Waals surface area contributed by atoms with Crippen molar-refractivity contribution in [1.29, 1.82) is 0 Å². The average molecular weight is 167 g/mol. The molecule has 0 saturated carbocycles. The molecule has 0 unspecified atom stereocenters. The average Bonchev–Trinajstić information content (AvgIpc) is 2.07. The first kappa shape index (κ1) is 8.87. The van der Waals surface area contributed by atoms with Crippen molar-refractivity contribution in [3.8, 4) is 5.75 Å². The third kappa shape index (κ3) is 1.51. The maximum Gasteiger partial charge on any atom is 0.141 e. The van der Waals surface area contributed by atoms with Crippen molar-refractivity contribution in [3.63, 3.8) is 0 Å². The number of nitrogens with two attached hydrogens (primary N) is 1. The fourth-order valence-electron chi connectivity index (χ4n) is 1.10. The first-order valence-electron chi connectivity index (χ1n) is 3.84. The van der Waals surface area contributed by atoms with Gasteiger partial charge >= 0.3 is 0 Å². The van der Waals surface area contributed by atoms with Crippen molar-refractivity contribution in [3.05, 3.63) is 23.3 Å². The van der Waals surface area contributed by atoms with E-state index in [0.29, 0.717) is 12.1 Å². The van der Waals surface area contributed by atoms with Crippen LogP contribution in [0.1, 0.15) is 11.1 Å². The van der Waals surface area contributed by atoms with Gasteiger partial charge in [0, 0.05) is 6.61 Å². The summed E-state index contributed by atoms with van der Waals surface area (Å²) in [4.78, 5) is 0. The Hall–Kier alpha value is -1.22. The summed E-state index contributed by atoms with van der Waals surface area (Å²) in [5.41, 5.74) is 7.54. The zero-order valence-corrected chi connectivity index (χ0v) is 7.04. The lowest BCUT2D eigenvalue weighted by Gasteiger charge is -2.07. The van der Waals surface area contributed by atoms with Crippen LogP contribution in [0.5, 0.6) is 5.75 Å². The van der Waals surface area contributed by atoms with Gasteiger partial charge in [0.05, 0.1) is 5.69 Å². The number of aryl methyl sites for hydroxylation is 1. The lowest BCUT2D eigenvalue weighted by molar-refractivity contribution is 0.299. The first-order chi connectivity index (χ1) is 5.66. The zero-order chi connectivity index (χ0) is 9.14. The van der Waals surface area contributed by atoms with E-state index in [1.807, 2.05) is 6.07 Å². The lowest BCUT2D eigenvalue weighted by Crippen LogP contribution is -1.98. The SMILES string of the molecule is Cc1ccc(CCO)c(N)c1O. The molecule has 0 radical (unpaired) electrons. The number of hydrogen-bond acceptors (Lipinski definition) is 3. The number of aliphatic hydroxyl groups is 1. The molecule has 1 aromatic carbocycles. The molecule has 0 saturated heterocycles. The standard InChI is InChI=1S/C9H13NO2/c1-6-2-3-7(4-5-11)8(10)9(6)12/h2-3,11-12H,4-5,10H2,1H3. The Labute approximate surface area is 71.5 Å². The van der Waals surface area contributed by atoms with Crippen LogP contribution in [0, 0.1) is 6.92 Å². The molecule has 0 aliphatic heterocycles. The summed E-state index contributed by atoms with van der Waals surface area (Å²) >= 11 is 0. The molecule has 0 aliphatic carbocycles. The highest BCUT2D eigenvalue weighted by Gasteiger charge is 2.05. The minimum atomic E-state index is 0.0483. The van der Waals surface area contributed by atoms with Crippen LogP contribution in [-0.2, 0) is 6.42 Å². The van der Waals surface area contributed by atoms with Gasteiger partial charge in [-0.25, -0.2) is 0 Å². The van der Waals surface area contributed by atoms with Crippen molar-refractivity contribution in [1.82, 2.24) is 0 Å². The number of phenolic OH excluding ortho intramolecular Hbond substituents is 1. The van der Waals surface area contributed by atoms with Crippen molar-refractivity contribution >= 4 is 5.69 Å². The fraction of sp³-hybridized carbons (Fsp3) is 0.333. The molecule has 0 bridgehead atoms. The van der Waals surface area contributed by atoms with E-state index in [2.05, 4.69) is 0 Å². The summed E-state index contributed by atoms with van der Waals surface area (Å²) in [7, 11) is 0. The molecular formula is C9H13NO2. The molecule has 0 heterocycles. The molecule has 3 nitrogen and oxygen atoms in total. The highest BCUT2D eigenvalue weighted by atomic mass is 16.3. The zero-order valence-electron chi connectivity index (χ0n) is 7.04. The van der Waals surface area contributed by atoms with Gasteiger partial charge in [-0.15, -0.1) is 0 Å². The summed E-state index contributed by atoms with van der Waals surface area (Å²) in [5.74, 6) is 0.126. The van der Waals surface area contributed by atoms with Crippen LogP contribution in [0.4, 0.5) is 5.69 Å². The second-order valence-corrected chi connectivity index (χ2v) is 2.78. The molecule has 0 atom stereocenters. The highest BCUT2D eigenvalue weighted by Crippen LogP contribution is 2.27. The second-order valence-electron chi connectivity index (χ2n) is 2.78. The van der Waals surface area contributed by atoms with E-state index >= 15 is 0 Å². The van der Waals surface area contributed by atoms with Gasteiger partial charge in [0.15, 0.2) is 0 Å². The van der Waals surface area contributed by atoms with Crippen LogP contribution in [0.3, 0.4) is 0 Å². The third-order valence-corrected chi connectivity index (χ3v) is 1.89. The number of nitrogen functional groups attached to an aromatic ring is 1. The topological polar surface area (TPSA) is 66.5 Å². The molecule has 0 aromatic heterocycles. The first-order valence-corrected chi connectivity index (χ1v) is 3.84. The van der Waals surface area contributed by atoms with Crippen LogP contribution < -0.4 is 5.73 Å². The van der Waals surface area contributed by atoms with E-state index in [4.69, 9.17) is 10.8 Å². The maximum absolute atomic E-state index is 9.41. The molecule has 1 rings (SSSR count). The molecular weight excluding hydrogens is 154 g/mol. The monoisotopic (exact) mass is 167 g/mol. The number of benzene rings is 1. The Morgan fingerprint density at radius 3 is 2.67 bits per heavy atom. The predicted molar refractivity (Wildman–Crippen MR) is 48.0 cm³/mol. The minimum Gasteiger partial charge on any atom is -0.506 e. The smallest absolute Gasteiger partial charge is 0.141 e. The number of rotatable bonds is 2. The van der Waals surface area contributed by atoms with E-state index < -0.39 is 0 Å². The van der Waals surface area contributed by atoms with Crippen molar-refractivity contribution in [2.24, 2.45) is 0 Å². The second kappa shape index (κ2) is 3.45. The van der Waals surface area contributed by atoms with E-state index in [1.165, 1.54) is 0 Å². The van der Waals surface area contributed by atoms with E-state index in [1.54, 1.807) is 13.0 Å². The van der Waals surface area contributed by atoms with Gasteiger partial charge in [-0.2, -0.15) is 0 Å². The molecule has 0 amide bonds. The van der Waals surface area contributed by atoms with Crippen molar-refractivity contribution in [2.75, 3.05) is 12.3 Å². The Balaban J connectivity index is 3.08. The maximum atomic E-state index is 9.41. The van der Waals surface area contributed by atoms with Gasteiger partial charge in [0.1, 0.15) is 5.75 Å². The van der Waals surface area contributed by atoms with Crippen molar-refractivity contribution in [2.45, 2.75) is 13.3 Å². The quantitative estimate of drug-likeness (QED) is 0.451. The molecule has 0 fully saturated rings. The summed E-state index contributed by atoms with van der Waals surface area (Å²) in [6.07, 6.45) is 0.486. The number of anilines is 1. The Morgan fingerprint density at radius 2 is 2.08 bits per heavy atom. The van der Waals surface area contributed by atoms with Crippen LogP contribution in [0.25, 0.3) is 0 Å². The number of phenols is 1. The minimum absolute atomic E-state index is 0.0483. The number of aliphatic hydroxyl groups excluding tert-OH is 1. The largest absolute Gasteiger partial charge is 0.506 e. The van der Waals surface area contributed by atoms with Crippen LogP contribution in [0.15, 0.2) is 12.1 Å². The Kier molecular flexibility index (Phi) is 2.55. The third-order valence-electron chi connectivity index (χ3n) is 1.89. The van der Waals surface area contributed by atoms with Gasteiger partial charge in [0.2, 0.25) is 0 Å². The Bertz CT molecular complexity index is 284. The number of aromatic hydroxyl groups is 1. The normalized spacial score (nSPS) is 10.2. The molecule has 12 heavy (non-hydrogen) atoms. The van der Waals surface area contributed by atoms with Crippen LogP contribution in [0.2, 0.25) is 0 Å². The molecule has 0 aliphatic rings. The van der Waals surface area contributed by atoms with Crippen LogP contribution in [-0.4, -0.2) is 16.8 Å². The molecule has 1 aromatic rings. The summed E-state index contributed by atoms with van der Waals surface area (Å²) < 4.78 is 0. The summed E-state index contributed by atoms with van der Waals surface area (Å²) in [5, 5.41) is 18.1. The molecule has 4 N–H and O–H groups in total. The number of hydrogen-bond donors (Lipinski definition) is 3. The van der Waals surface area contributed by atoms with Gasteiger partial charge < -0.3 is 15.9 Å². The van der Waals surface area contributed by atoms with E-state index in [-0.39, 0.29) is 12.4 Å². The fourth-order valence-corrected chi connectivity index (χ4v) is 1.10. The van der Waals surface area contributed by atoms with Gasteiger partial charge in [-0.05, 0) is 24.5 Å².